The van der Waals surface area contributed by atoms with Crippen LogP contribution in [-0.2, 0) is 27.9 Å². The molecule has 0 saturated carbocycles. The number of halogens is 1. The van der Waals surface area contributed by atoms with E-state index < -0.39 is 33.8 Å². The zero-order valence-electron chi connectivity index (χ0n) is 40.6. The summed E-state index contributed by atoms with van der Waals surface area (Å²) in [6, 6.07) is 41.5. The van der Waals surface area contributed by atoms with Crippen LogP contribution in [0.1, 0.15) is 109 Å². The van der Waals surface area contributed by atoms with Crippen molar-refractivity contribution in [3.63, 3.8) is 0 Å². The highest BCUT2D eigenvalue weighted by atomic mass is 35.5. The number of nitrogens with zero attached hydrogens (tertiary/aromatic N) is 2. The van der Waals surface area contributed by atoms with Crippen molar-refractivity contribution in [2.75, 3.05) is 13.2 Å². The maximum Gasteiger partial charge on any atom is 0.307 e. The van der Waals surface area contributed by atoms with Crippen LogP contribution in [0.25, 0.3) is 0 Å². The average Bonchev–Trinajstić information content (AvgIpc) is 3.22. The molecule has 0 bridgehead atoms. The molecule has 0 aliphatic heterocycles. The molecular weight excluding hydrogens is 872 g/mol. The van der Waals surface area contributed by atoms with E-state index in [2.05, 4.69) is 125 Å². The van der Waals surface area contributed by atoms with Crippen LogP contribution in [0, 0.1) is 11.8 Å². The number of esters is 2. The van der Waals surface area contributed by atoms with Crippen molar-refractivity contribution in [1.29, 1.82) is 0 Å². The van der Waals surface area contributed by atoms with Crippen molar-refractivity contribution < 1.29 is 38.3 Å². The first-order valence-corrected chi connectivity index (χ1v) is 26.6. The van der Waals surface area contributed by atoms with Crippen LogP contribution in [0.5, 0.6) is 0 Å². The van der Waals surface area contributed by atoms with Crippen LogP contribution < -0.4 is 20.7 Å². The monoisotopic (exact) mass is 944 g/mol. The predicted octanol–water partition coefficient (Wildman–Crippen LogP) is 10.1. The van der Waals surface area contributed by atoms with Gasteiger partial charge in [0.1, 0.15) is 16.4 Å². The largest absolute Gasteiger partial charge is 0.460 e. The Labute approximate surface area is 395 Å². The van der Waals surface area contributed by atoms with E-state index in [1.165, 1.54) is 27.0 Å². The third-order valence-electron chi connectivity index (χ3n) is 10.8. The minimum absolute atomic E-state index is 0.0181. The molecule has 0 spiro atoms. The van der Waals surface area contributed by atoms with Gasteiger partial charge in [0.25, 0.3) is 16.6 Å². The predicted molar refractivity (Wildman–Crippen MR) is 270 cm³/mol. The lowest BCUT2D eigenvalue weighted by Crippen LogP contribution is -2.66. The Balaban J connectivity index is 0.000000345. The molecule has 65 heavy (non-hydrogen) atoms. The lowest BCUT2D eigenvalue weighted by Gasteiger charge is -2.43. The van der Waals surface area contributed by atoms with E-state index in [9.17, 15) is 14.8 Å². The zero-order valence-corrected chi connectivity index (χ0v) is 43.4. The average molecular weight is 946 g/mol. The Morgan fingerprint density at radius 3 is 1.17 bits per heavy atom. The summed E-state index contributed by atoms with van der Waals surface area (Å²) in [5.74, 6) is -1.47. The fourth-order valence-corrected chi connectivity index (χ4v) is 17.5. The van der Waals surface area contributed by atoms with Gasteiger partial charge in [0.15, 0.2) is 0 Å². The number of benzene rings is 4. The Hall–Kier alpha value is -4.60. The second-order valence-electron chi connectivity index (χ2n) is 20.3. The van der Waals surface area contributed by atoms with Crippen molar-refractivity contribution >= 4 is 72.3 Å². The standard InChI is InChI=1S/C26H36ClNO4Si.C26H37NO4Si/c1-25(2,3)32-23(29)19-20(24(27)28-30)17-18-31-33(26(4,5)6,21-13-9-7-10-14-21)22-15-11-8-12-16-22;1-25(2,3)31-24(28)19-21(20-27-29)17-18-30-32(26(4,5)6,22-13-9-7-10-14-22)23-15-11-8-12-16-23/h7-16,20,30H,17-19H2,1-6H3;7-16,20-21,29H,17-19H2,1-6H3/b28-24-;27-20+/t20-;21-/m11/s1. The van der Waals surface area contributed by atoms with E-state index in [0.29, 0.717) is 26.1 Å². The molecule has 4 rings (SSSR count). The zero-order chi connectivity index (χ0) is 48.5. The number of oxime groups is 2. The van der Waals surface area contributed by atoms with E-state index in [-0.39, 0.29) is 45.9 Å². The van der Waals surface area contributed by atoms with Crippen LogP contribution in [0.4, 0.5) is 0 Å². The van der Waals surface area contributed by atoms with Crippen molar-refractivity contribution in [3.8, 4) is 0 Å². The smallest absolute Gasteiger partial charge is 0.307 e. The lowest BCUT2D eigenvalue weighted by molar-refractivity contribution is -0.156. The number of carbonyl (C=O) groups is 2. The first-order valence-electron chi connectivity index (χ1n) is 22.4. The van der Waals surface area contributed by atoms with Gasteiger partial charge in [-0.3, -0.25) is 9.59 Å². The van der Waals surface area contributed by atoms with Crippen LogP contribution in [0.2, 0.25) is 10.1 Å². The fraction of sp³-hybridized carbons (Fsp3) is 0.462. The number of rotatable bonds is 18. The van der Waals surface area contributed by atoms with Gasteiger partial charge in [-0.25, -0.2) is 0 Å². The quantitative estimate of drug-likeness (QED) is 0.0331. The van der Waals surface area contributed by atoms with Crippen LogP contribution in [-0.4, -0.2) is 74.8 Å². The number of hydrogen-bond acceptors (Lipinski definition) is 10. The fourth-order valence-electron chi connectivity index (χ4n) is 8.13. The summed E-state index contributed by atoms with van der Waals surface area (Å²) < 4.78 is 24.6. The summed E-state index contributed by atoms with van der Waals surface area (Å²) in [5, 5.41) is 29.2. The SMILES string of the molecule is CC(C)(C)OC(=O)C[C@@H](CCO[Si](c1ccccc1)(c1ccccc1)C(C)(C)C)/C(Cl)=N/O.CC(C)(C)OC(=O)C[C@H](/C=N/O)CCO[Si](c1ccccc1)(c1ccccc1)C(C)(C)C. The lowest BCUT2D eigenvalue weighted by atomic mass is 10.0. The van der Waals surface area contributed by atoms with Gasteiger partial charge in [0.2, 0.25) is 0 Å². The van der Waals surface area contributed by atoms with Gasteiger partial charge in [-0.05, 0) is 85.2 Å². The molecule has 0 radical (unpaired) electrons. The van der Waals surface area contributed by atoms with Gasteiger partial charge >= 0.3 is 11.9 Å². The van der Waals surface area contributed by atoms with Gasteiger partial charge < -0.3 is 28.7 Å². The van der Waals surface area contributed by atoms with Crippen LogP contribution in [0.15, 0.2) is 132 Å². The topological polar surface area (TPSA) is 136 Å². The molecule has 0 amide bonds. The van der Waals surface area contributed by atoms with Gasteiger partial charge in [0.05, 0.1) is 12.8 Å². The van der Waals surface area contributed by atoms with Crippen molar-refractivity contribution in [2.45, 2.75) is 130 Å². The third kappa shape index (κ3) is 16.1. The Morgan fingerprint density at radius 2 is 0.877 bits per heavy atom. The van der Waals surface area contributed by atoms with E-state index in [1.54, 1.807) is 0 Å². The summed E-state index contributed by atoms with van der Waals surface area (Å²) in [5.41, 5.74) is -1.15. The van der Waals surface area contributed by atoms with E-state index in [4.69, 9.17) is 35.1 Å². The molecule has 10 nitrogen and oxygen atoms in total. The molecule has 0 aliphatic carbocycles. The van der Waals surface area contributed by atoms with Crippen molar-refractivity contribution in [2.24, 2.45) is 22.1 Å². The van der Waals surface area contributed by atoms with E-state index in [0.717, 1.165) is 0 Å². The molecule has 0 heterocycles. The summed E-state index contributed by atoms with van der Waals surface area (Å²) >= 11 is 6.17. The summed E-state index contributed by atoms with van der Waals surface area (Å²) in [6.07, 6.45) is 2.54. The Morgan fingerprint density at radius 1 is 0.554 bits per heavy atom. The van der Waals surface area contributed by atoms with Crippen LogP contribution in [0.3, 0.4) is 0 Å². The molecular formula is C52H73ClN2O8Si2. The van der Waals surface area contributed by atoms with E-state index >= 15 is 0 Å². The molecule has 0 saturated heterocycles. The minimum atomic E-state index is -2.70. The van der Waals surface area contributed by atoms with Crippen molar-refractivity contribution in [1.82, 2.24) is 0 Å². The summed E-state index contributed by atoms with van der Waals surface area (Å²) in [4.78, 5) is 24.7. The second-order valence-corrected chi connectivity index (χ2v) is 29.3. The molecule has 354 valence electrons. The van der Waals surface area contributed by atoms with Gasteiger partial charge in [-0.15, -0.1) is 5.16 Å². The summed E-state index contributed by atoms with van der Waals surface area (Å²) in [6.45, 7) is 25.1. The maximum absolute atomic E-state index is 12.4. The van der Waals surface area contributed by atoms with Gasteiger partial charge in [-0.1, -0.05) is 180 Å². The van der Waals surface area contributed by atoms with Gasteiger partial charge in [0, 0.05) is 31.3 Å². The molecule has 0 fully saturated rings. The molecule has 0 unspecified atom stereocenters. The van der Waals surface area contributed by atoms with Gasteiger partial charge in [-0.2, -0.15) is 0 Å². The highest BCUT2D eigenvalue weighted by Crippen LogP contribution is 2.38. The van der Waals surface area contributed by atoms with E-state index in [1.807, 2.05) is 90.1 Å². The summed E-state index contributed by atoms with van der Waals surface area (Å²) in [7, 11) is -5.34. The van der Waals surface area contributed by atoms with Crippen LogP contribution >= 0.6 is 11.6 Å². The minimum Gasteiger partial charge on any atom is -0.460 e. The first kappa shape index (κ1) is 54.7. The normalized spacial score (nSPS) is 14.0. The molecule has 4 aromatic rings. The molecule has 0 aliphatic rings. The highest BCUT2D eigenvalue weighted by Gasteiger charge is 2.51. The van der Waals surface area contributed by atoms with Crippen molar-refractivity contribution in [3.05, 3.63) is 121 Å². The molecule has 4 aromatic carbocycles. The Kier molecular flexibility index (Phi) is 20.4. The molecule has 2 N–H and O–H groups in total. The Bertz CT molecular complexity index is 2020. The first-order chi connectivity index (χ1) is 30.4. The maximum atomic E-state index is 12.4. The number of ether oxygens (including phenoxy) is 2. The molecule has 2 atom stereocenters. The number of hydrogen-bond donors (Lipinski definition) is 2. The number of carbonyl (C=O) groups excluding carboxylic acids is 2. The third-order valence-corrected chi connectivity index (χ3v) is 21.3. The second kappa shape index (κ2) is 24.3. The molecule has 13 heteroatoms. The highest BCUT2D eigenvalue weighted by molar-refractivity contribution is 7.00. The molecule has 0 aromatic heterocycles.